The van der Waals surface area contributed by atoms with Gasteiger partial charge in [0.05, 0.1) is 23.6 Å². The van der Waals surface area contributed by atoms with E-state index in [1.165, 1.54) is 0 Å². The Morgan fingerprint density at radius 1 is 1.26 bits per heavy atom. The van der Waals surface area contributed by atoms with Gasteiger partial charge in [0, 0.05) is 13.4 Å². The Kier molecular flexibility index (Phi) is 5.16. The zero-order chi connectivity index (χ0) is 14.0. The van der Waals surface area contributed by atoms with Crippen molar-refractivity contribution in [1.82, 2.24) is 15.0 Å². The van der Waals surface area contributed by atoms with Crippen LogP contribution in [0.3, 0.4) is 0 Å². The number of halogens is 3. The van der Waals surface area contributed by atoms with Crippen LogP contribution >= 0.6 is 47.8 Å². The number of benzene rings is 1. The summed E-state index contributed by atoms with van der Waals surface area (Å²) >= 11 is 10.5. The van der Waals surface area contributed by atoms with Gasteiger partial charge in [-0.25, -0.2) is 4.68 Å². The van der Waals surface area contributed by atoms with E-state index < -0.39 is 0 Å². The van der Waals surface area contributed by atoms with Crippen LogP contribution in [0.2, 0.25) is 0 Å². The third-order valence-electron chi connectivity index (χ3n) is 2.70. The van der Waals surface area contributed by atoms with Gasteiger partial charge in [-0.2, -0.15) is 0 Å². The van der Waals surface area contributed by atoms with Crippen molar-refractivity contribution in [2.24, 2.45) is 5.73 Å². The molecule has 1 atom stereocenters. The van der Waals surface area contributed by atoms with Gasteiger partial charge in [0.25, 0.3) is 0 Å². The highest BCUT2D eigenvalue weighted by molar-refractivity contribution is 9.11. The van der Waals surface area contributed by atoms with E-state index in [0.717, 1.165) is 37.6 Å². The van der Waals surface area contributed by atoms with E-state index in [1.54, 1.807) is 4.68 Å². The Labute approximate surface area is 137 Å². The predicted molar refractivity (Wildman–Crippen MR) is 86.3 cm³/mol. The molecule has 1 aromatic carbocycles. The summed E-state index contributed by atoms with van der Waals surface area (Å²) in [6, 6.07) is 3.87. The molecule has 4 nitrogen and oxygen atoms in total. The maximum atomic E-state index is 6.05. The first-order chi connectivity index (χ1) is 9.02. The highest BCUT2D eigenvalue weighted by Gasteiger charge is 2.14. The minimum Gasteiger partial charge on any atom is -0.323 e. The van der Waals surface area contributed by atoms with Gasteiger partial charge in [0.1, 0.15) is 0 Å². The van der Waals surface area contributed by atoms with Crippen molar-refractivity contribution in [3.63, 3.8) is 0 Å². The lowest BCUT2D eigenvalue weighted by atomic mass is 10.1. The van der Waals surface area contributed by atoms with Gasteiger partial charge < -0.3 is 5.73 Å². The van der Waals surface area contributed by atoms with Crippen LogP contribution in [-0.2, 0) is 0 Å². The Balaban J connectivity index is 2.38. The third-order valence-corrected chi connectivity index (χ3v) is 4.37. The predicted octanol–water partition coefficient (Wildman–Crippen LogP) is 4.35. The van der Waals surface area contributed by atoms with E-state index in [-0.39, 0.29) is 6.04 Å². The smallest absolute Gasteiger partial charge is 0.0998 e. The molecular formula is C12H13Br3N4. The van der Waals surface area contributed by atoms with Crippen LogP contribution in [0.25, 0.3) is 5.69 Å². The lowest BCUT2D eigenvalue weighted by Gasteiger charge is -2.08. The summed E-state index contributed by atoms with van der Waals surface area (Å²) in [6.07, 6.45) is 3.81. The van der Waals surface area contributed by atoms with Gasteiger partial charge >= 0.3 is 0 Å². The van der Waals surface area contributed by atoms with Crippen molar-refractivity contribution in [1.29, 1.82) is 0 Å². The molecule has 0 saturated heterocycles. The van der Waals surface area contributed by atoms with Crippen LogP contribution in [0.4, 0.5) is 0 Å². The second kappa shape index (κ2) is 6.47. The summed E-state index contributed by atoms with van der Waals surface area (Å²) in [5, 5.41) is 8.30. The van der Waals surface area contributed by atoms with Gasteiger partial charge in [-0.1, -0.05) is 34.5 Å². The van der Waals surface area contributed by atoms with Gasteiger partial charge in [-0.05, 0) is 50.4 Å². The van der Waals surface area contributed by atoms with E-state index in [4.69, 9.17) is 5.73 Å². The summed E-state index contributed by atoms with van der Waals surface area (Å²) < 4.78 is 4.56. The van der Waals surface area contributed by atoms with Crippen molar-refractivity contribution >= 4 is 47.8 Å². The molecule has 2 N–H and O–H groups in total. The van der Waals surface area contributed by atoms with Crippen molar-refractivity contribution in [2.75, 3.05) is 0 Å². The molecule has 0 aliphatic rings. The van der Waals surface area contributed by atoms with Gasteiger partial charge in [-0.15, -0.1) is 5.10 Å². The first kappa shape index (κ1) is 15.2. The monoisotopic (exact) mass is 450 g/mol. The zero-order valence-electron chi connectivity index (χ0n) is 10.3. The number of aromatic nitrogens is 3. The van der Waals surface area contributed by atoms with Gasteiger partial charge in [0.2, 0.25) is 0 Å². The molecule has 2 aromatic rings. The molecule has 0 amide bonds. The number of hydrogen-bond donors (Lipinski definition) is 1. The van der Waals surface area contributed by atoms with Crippen LogP contribution in [0.15, 0.2) is 31.7 Å². The quantitative estimate of drug-likeness (QED) is 0.750. The van der Waals surface area contributed by atoms with Crippen LogP contribution in [0, 0.1) is 0 Å². The molecule has 0 aliphatic carbocycles. The minimum absolute atomic E-state index is 0.0632. The molecule has 1 heterocycles. The second-order valence-electron chi connectivity index (χ2n) is 4.20. The second-order valence-corrected chi connectivity index (χ2v) is 6.83. The Hall–Kier alpha value is -0.240. The molecule has 2 rings (SSSR count). The fourth-order valence-electron chi connectivity index (χ4n) is 1.77. The van der Waals surface area contributed by atoms with Crippen LogP contribution in [0.1, 0.15) is 31.5 Å². The molecule has 0 saturated carbocycles. The number of nitrogens with zero attached hydrogens (tertiary/aromatic N) is 3. The number of nitrogens with two attached hydrogens (primary N) is 1. The fraction of sp³-hybridized carbons (Fsp3) is 0.333. The summed E-state index contributed by atoms with van der Waals surface area (Å²) in [7, 11) is 0. The van der Waals surface area contributed by atoms with Crippen LogP contribution < -0.4 is 5.73 Å². The number of rotatable bonds is 4. The van der Waals surface area contributed by atoms with Gasteiger partial charge in [0.15, 0.2) is 0 Å². The normalized spacial score (nSPS) is 12.7. The summed E-state index contributed by atoms with van der Waals surface area (Å²) in [5.74, 6) is 0. The molecule has 0 radical (unpaired) electrons. The zero-order valence-corrected chi connectivity index (χ0v) is 15.0. The third kappa shape index (κ3) is 3.45. The molecule has 1 aromatic heterocycles. The van der Waals surface area contributed by atoms with Crippen molar-refractivity contribution in [2.45, 2.75) is 25.8 Å². The molecule has 0 spiro atoms. The maximum absolute atomic E-state index is 6.05. The van der Waals surface area contributed by atoms with Gasteiger partial charge in [-0.3, -0.25) is 0 Å². The highest BCUT2D eigenvalue weighted by Crippen LogP contribution is 2.32. The topological polar surface area (TPSA) is 56.7 Å². The fourth-order valence-corrected chi connectivity index (χ4v) is 4.39. The largest absolute Gasteiger partial charge is 0.323 e. The molecule has 19 heavy (non-hydrogen) atoms. The lowest BCUT2D eigenvalue weighted by Crippen LogP contribution is -2.10. The Bertz CT molecular complexity index is 559. The first-order valence-corrected chi connectivity index (χ1v) is 8.23. The van der Waals surface area contributed by atoms with E-state index in [9.17, 15) is 0 Å². The van der Waals surface area contributed by atoms with E-state index >= 15 is 0 Å². The molecule has 1 unspecified atom stereocenters. The van der Waals surface area contributed by atoms with Crippen LogP contribution in [0.5, 0.6) is 0 Å². The molecule has 0 bridgehead atoms. The van der Waals surface area contributed by atoms with E-state index in [2.05, 4.69) is 65.0 Å². The summed E-state index contributed by atoms with van der Waals surface area (Å²) in [6.45, 7) is 2.10. The Morgan fingerprint density at radius 2 is 1.89 bits per heavy atom. The Morgan fingerprint density at radius 3 is 2.47 bits per heavy atom. The lowest BCUT2D eigenvalue weighted by molar-refractivity contribution is 0.619. The van der Waals surface area contributed by atoms with Crippen LogP contribution in [-0.4, -0.2) is 15.0 Å². The highest BCUT2D eigenvalue weighted by atomic mass is 79.9. The maximum Gasteiger partial charge on any atom is 0.0998 e. The van der Waals surface area contributed by atoms with E-state index in [0.29, 0.717) is 0 Å². The minimum atomic E-state index is -0.0632. The molecular weight excluding hydrogens is 440 g/mol. The van der Waals surface area contributed by atoms with E-state index in [1.807, 2.05) is 18.3 Å². The first-order valence-electron chi connectivity index (χ1n) is 5.85. The molecule has 7 heteroatoms. The standard InChI is InChI=1S/C12H13Br3N4/c1-2-3-10(16)11-6-19(18-17-11)12-8(14)4-7(13)5-9(12)15/h4-6,10H,2-3,16H2,1H3. The number of hydrogen-bond acceptors (Lipinski definition) is 3. The summed E-state index contributed by atoms with van der Waals surface area (Å²) in [5.41, 5.74) is 7.77. The molecule has 0 fully saturated rings. The van der Waals surface area contributed by atoms with Crippen molar-refractivity contribution in [3.8, 4) is 5.69 Å². The molecule has 0 aliphatic heterocycles. The summed E-state index contributed by atoms with van der Waals surface area (Å²) in [4.78, 5) is 0. The molecule has 102 valence electrons. The van der Waals surface area contributed by atoms with Crippen molar-refractivity contribution < 1.29 is 0 Å². The van der Waals surface area contributed by atoms with Crippen molar-refractivity contribution in [3.05, 3.63) is 37.4 Å². The average Bonchev–Trinajstić information content (AvgIpc) is 2.77. The SMILES string of the molecule is CCCC(N)c1cn(-c2c(Br)cc(Br)cc2Br)nn1. The average molecular weight is 453 g/mol.